The maximum Gasteiger partial charge on any atom is 0.474 e. The monoisotopic (exact) mass is 484 g/mol. The van der Waals surface area contributed by atoms with Crippen LogP contribution in [0.2, 0.25) is 0 Å². The van der Waals surface area contributed by atoms with Gasteiger partial charge >= 0.3 is 13.8 Å². The molecule has 2 rings (SSSR count). The smallest absolute Gasteiger partial charge is 0.467 e. The molecule has 0 unspecified atom stereocenters. The second-order valence-corrected chi connectivity index (χ2v) is 8.66. The molecule has 0 heterocycles. The van der Waals surface area contributed by atoms with Gasteiger partial charge in [-0.3, -0.25) is 13.6 Å². The summed E-state index contributed by atoms with van der Waals surface area (Å²) in [5, 5.41) is 11.3. The number of aliphatic hydroxyl groups is 1. The Bertz CT molecular complexity index is 877. The number of esters is 1. The minimum atomic E-state index is -4.07. The van der Waals surface area contributed by atoms with E-state index in [2.05, 4.69) is 15.9 Å². The van der Waals surface area contributed by atoms with E-state index in [0.29, 0.717) is 5.56 Å². The van der Waals surface area contributed by atoms with Gasteiger partial charge in [-0.05, 0) is 29.3 Å². The van der Waals surface area contributed by atoms with Gasteiger partial charge in [-0.1, -0.05) is 64.5 Å². The van der Waals surface area contributed by atoms with Gasteiger partial charge in [-0.2, -0.15) is 0 Å². The number of benzene rings is 2. The van der Waals surface area contributed by atoms with E-state index >= 15 is 0 Å². The van der Waals surface area contributed by atoms with Crippen LogP contribution in [0, 0.1) is 0 Å². The Morgan fingerprint density at radius 3 is 2.17 bits per heavy atom. The van der Waals surface area contributed by atoms with Gasteiger partial charge in [0.05, 0.1) is 7.11 Å². The fourth-order valence-corrected chi connectivity index (χ4v) is 3.66. The summed E-state index contributed by atoms with van der Waals surface area (Å²) in [5.41, 5.74) is -1.25. The number of hydrogen-bond donors (Lipinski definition) is 1. The van der Waals surface area contributed by atoms with E-state index in [-0.39, 0.29) is 0 Å². The number of carbonyl (C=O) groups excluding carboxylic acids is 1. The van der Waals surface area contributed by atoms with Crippen LogP contribution in [0.25, 0.3) is 6.08 Å². The first kappa shape index (κ1) is 23.5. The molecule has 156 valence electrons. The van der Waals surface area contributed by atoms with Crippen LogP contribution >= 0.6 is 23.8 Å². The fraction of sp³-hybridized carbons (Fsp3) is 0.250. The van der Waals surface area contributed by atoms with Crippen LogP contribution in [0.3, 0.4) is 0 Å². The predicted molar refractivity (Wildman–Crippen MR) is 112 cm³/mol. The lowest BCUT2D eigenvalue weighted by Crippen LogP contribution is -2.44. The zero-order valence-corrected chi connectivity index (χ0v) is 18.6. The predicted octanol–water partition coefficient (Wildman–Crippen LogP) is 4.53. The number of halogens is 1. The summed E-state index contributed by atoms with van der Waals surface area (Å²) in [6, 6.07) is 15.6. The number of methoxy groups -OCH3 is 1. The van der Waals surface area contributed by atoms with Gasteiger partial charge in [-0.15, -0.1) is 0 Å². The highest BCUT2D eigenvalue weighted by molar-refractivity contribution is 9.10. The molecular formula is C20H22BrO7P. The van der Waals surface area contributed by atoms with Crippen molar-refractivity contribution in [1.82, 2.24) is 0 Å². The molecule has 0 aliphatic heterocycles. The summed E-state index contributed by atoms with van der Waals surface area (Å²) in [4.78, 5) is 12.6. The molecule has 2 atom stereocenters. The zero-order chi connectivity index (χ0) is 21.5. The highest BCUT2D eigenvalue weighted by Crippen LogP contribution is 2.54. The number of rotatable bonds is 9. The lowest BCUT2D eigenvalue weighted by atomic mass is 9.90. The first-order valence-electron chi connectivity index (χ1n) is 8.48. The van der Waals surface area contributed by atoms with Gasteiger partial charge in [-0.25, -0.2) is 9.36 Å². The molecule has 2 aromatic carbocycles. The van der Waals surface area contributed by atoms with Crippen LogP contribution in [-0.4, -0.2) is 38.0 Å². The van der Waals surface area contributed by atoms with Gasteiger partial charge in [0, 0.05) is 18.7 Å². The molecule has 0 spiro atoms. The van der Waals surface area contributed by atoms with Crippen molar-refractivity contribution in [2.75, 3.05) is 21.3 Å². The summed E-state index contributed by atoms with van der Waals surface area (Å²) < 4.78 is 33.5. The summed E-state index contributed by atoms with van der Waals surface area (Å²) >= 11 is 3.32. The largest absolute Gasteiger partial charge is 0.474 e. The molecule has 0 saturated heterocycles. The quantitative estimate of drug-likeness (QED) is 0.413. The van der Waals surface area contributed by atoms with Crippen LogP contribution in [0.4, 0.5) is 0 Å². The van der Waals surface area contributed by atoms with Crippen molar-refractivity contribution >= 4 is 35.8 Å². The highest BCUT2D eigenvalue weighted by Gasteiger charge is 2.48. The second-order valence-electron chi connectivity index (χ2n) is 5.91. The SMILES string of the molecule is COC(=O)[C@@](O)(/C=C/c1ccccc1)[C@H](OP(=O)(OC)OC)c1ccc(Br)cc1. The van der Waals surface area contributed by atoms with Crippen molar-refractivity contribution in [1.29, 1.82) is 0 Å². The Morgan fingerprint density at radius 1 is 1.07 bits per heavy atom. The Kier molecular flexibility index (Phi) is 8.34. The van der Waals surface area contributed by atoms with E-state index in [1.54, 1.807) is 36.4 Å². The molecule has 0 aromatic heterocycles. The molecule has 0 bridgehead atoms. The Morgan fingerprint density at radius 2 is 1.66 bits per heavy atom. The molecule has 29 heavy (non-hydrogen) atoms. The maximum atomic E-state index is 12.7. The topological polar surface area (TPSA) is 91.3 Å². The van der Waals surface area contributed by atoms with Gasteiger partial charge in [0.15, 0.2) is 0 Å². The van der Waals surface area contributed by atoms with Crippen LogP contribution in [0.5, 0.6) is 0 Å². The van der Waals surface area contributed by atoms with Crippen molar-refractivity contribution in [3.05, 3.63) is 76.3 Å². The minimum absolute atomic E-state index is 0.355. The highest BCUT2D eigenvalue weighted by atomic mass is 79.9. The Labute approximate surface area is 178 Å². The van der Waals surface area contributed by atoms with Crippen LogP contribution in [-0.2, 0) is 27.7 Å². The maximum absolute atomic E-state index is 12.7. The third-order valence-electron chi connectivity index (χ3n) is 4.10. The molecule has 9 heteroatoms. The molecule has 0 amide bonds. The summed E-state index contributed by atoms with van der Waals surface area (Å²) in [6.07, 6.45) is 1.32. The third kappa shape index (κ3) is 5.85. The molecule has 2 aromatic rings. The minimum Gasteiger partial charge on any atom is -0.467 e. The van der Waals surface area contributed by atoms with Crippen LogP contribution < -0.4 is 0 Å². The zero-order valence-electron chi connectivity index (χ0n) is 16.2. The second kappa shape index (κ2) is 10.3. The van der Waals surface area contributed by atoms with E-state index in [9.17, 15) is 14.5 Å². The van der Waals surface area contributed by atoms with E-state index in [1.165, 1.54) is 12.2 Å². The van der Waals surface area contributed by atoms with Crippen molar-refractivity contribution in [3.63, 3.8) is 0 Å². The number of phosphoric ester groups is 1. The molecular weight excluding hydrogens is 463 g/mol. The van der Waals surface area contributed by atoms with Crippen molar-refractivity contribution in [2.45, 2.75) is 11.7 Å². The first-order valence-corrected chi connectivity index (χ1v) is 10.7. The Balaban J connectivity index is 2.59. The average molecular weight is 485 g/mol. The molecule has 0 radical (unpaired) electrons. The molecule has 7 nitrogen and oxygen atoms in total. The summed E-state index contributed by atoms with van der Waals surface area (Å²) in [6.45, 7) is 0. The van der Waals surface area contributed by atoms with E-state index in [1.807, 2.05) is 18.2 Å². The van der Waals surface area contributed by atoms with Crippen LogP contribution in [0.15, 0.2) is 65.1 Å². The number of ether oxygens (including phenoxy) is 1. The van der Waals surface area contributed by atoms with Crippen LogP contribution in [0.1, 0.15) is 17.2 Å². The van der Waals surface area contributed by atoms with E-state index in [4.69, 9.17) is 18.3 Å². The standard InChI is InChI=1S/C20H22BrO7P/c1-25-19(22)20(23,14-13-15-7-5-4-6-8-15)18(28-29(24,26-2)27-3)16-9-11-17(21)12-10-16/h4-14,18,23H,1-3H3/b14-13+/t18-,20-/m1/s1. The van der Waals surface area contributed by atoms with Gasteiger partial charge in [0.1, 0.15) is 6.10 Å². The van der Waals surface area contributed by atoms with Gasteiger partial charge in [0.25, 0.3) is 0 Å². The van der Waals surface area contributed by atoms with Crippen molar-refractivity contribution < 1.29 is 32.8 Å². The van der Waals surface area contributed by atoms with Gasteiger partial charge in [0.2, 0.25) is 5.60 Å². The summed E-state index contributed by atoms with van der Waals surface area (Å²) in [5.74, 6) is -1.00. The Hall–Kier alpha value is -1.80. The molecule has 0 saturated carbocycles. The van der Waals surface area contributed by atoms with E-state index < -0.39 is 25.5 Å². The number of phosphoric acid groups is 1. The molecule has 0 aliphatic carbocycles. The number of hydrogen-bond acceptors (Lipinski definition) is 7. The lowest BCUT2D eigenvalue weighted by molar-refractivity contribution is -0.167. The van der Waals surface area contributed by atoms with Gasteiger partial charge < -0.3 is 9.84 Å². The molecule has 1 N–H and O–H groups in total. The number of carbonyl (C=O) groups is 1. The molecule has 0 aliphatic rings. The molecule has 0 fully saturated rings. The van der Waals surface area contributed by atoms with Crippen molar-refractivity contribution in [3.8, 4) is 0 Å². The fourth-order valence-electron chi connectivity index (χ4n) is 2.54. The van der Waals surface area contributed by atoms with Crippen molar-refractivity contribution in [2.24, 2.45) is 0 Å². The third-order valence-corrected chi connectivity index (χ3v) is 5.99. The van der Waals surface area contributed by atoms with E-state index in [0.717, 1.165) is 31.4 Å². The normalized spacial score (nSPS) is 15.1. The lowest BCUT2D eigenvalue weighted by Gasteiger charge is -2.32. The summed E-state index contributed by atoms with van der Waals surface area (Å²) in [7, 11) is -0.659. The average Bonchev–Trinajstić information content (AvgIpc) is 2.76. The first-order chi connectivity index (χ1) is 13.8.